The van der Waals surface area contributed by atoms with Gasteiger partial charge in [-0.2, -0.15) is 0 Å². The quantitative estimate of drug-likeness (QED) is 0.841. The molecule has 0 saturated heterocycles. The molecule has 2 unspecified atom stereocenters. The van der Waals surface area contributed by atoms with Crippen molar-refractivity contribution in [1.82, 2.24) is 5.32 Å². The maximum Gasteiger partial charge on any atom is 0.134 e. The van der Waals surface area contributed by atoms with Gasteiger partial charge in [-0.3, -0.25) is 0 Å². The van der Waals surface area contributed by atoms with Gasteiger partial charge >= 0.3 is 0 Å². The molecule has 1 N–H and O–H groups in total. The fraction of sp³-hybridized carbons (Fsp3) is 0.556. The Bertz CT molecular complexity index is 577. The number of aryl methyl sites for hydroxylation is 1. The van der Waals surface area contributed by atoms with E-state index in [2.05, 4.69) is 64.2 Å². The second-order valence-electron chi connectivity index (χ2n) is 7.03. The molecule has 1 aromatic carbocycles. The number of rotatable bonds is 4. The van der Waals surface area contributed by atoms with E-state index in [-0.39, 0.29) is 6.04 Å². The molecule has 0 fully saturated rings. The van der Waals surface area contributed by atoms with E-state index in [4.69, 9.17) is 4.42 Å². The van der Waals surface area contributed by atoms with Gasteiger partial charge in [-0.25, -0.2) is 0 Å². The summed E-state index contributed by atoms with van der Waals surface area (Å²) < 4.78 is 6.03. The first-order valence-corrected chi connectivity index (χ1v) is 7.48. The van der Waals surface area contributed by atoms with Crippen LogP contribution in [-0.2, 0) is 0 Å². The normalized spacial score (nSPS) is 15.5. The maximum atomic E-state index is 6.03. The SMILES string of the molecule is CNC(CC(C)C(C)(C)C)c1cc2cc(C)ccc2o1. The summed E-state index contributed by atoms with van der Waals surface area (Å²) in [6, 6.07) is 8.80. The van der Waals surface area contributed by atoms with E-state index >= 15 is 0 Å². The van der Waals surface area contributed by atoms with E-state index in [1.54, 1.807) is 0 Å². The van der Waals surface area contributed by atoms with Crippen LogP contribution in [0.3, 0.4) is 0 Å². The molecule has 0 bridgehead atoms. The van der Waals surface area contributed by atoms with E-state index in [1.807, 2.05) is 7.05 Å². The molecule has 2 atom stereocenters. The molecule has 0 aliphatic heterocycles. The molecule has 0 amide bonds. The zero-order valence-electron chi connectivity index (χ0n) is 13.6. The average Bonchev–Trinajstić information content (AvgIpc) is 2.76. The summed E-state index contributed by atoms with van der Waals surface area (Å²) in [5.74, 6) is 1.67. The average molecular weight is 273 g/mol. The summed E-state index contributed by atoms with van der Waals surface area (Å²) in [5.41, 5.74) is 2.57. The second-order valence-corrected chi connectivity index (χ2v) is 7.03. The standard InChI is InChI=1S/C18H27NO/c1-12-7-8-16-14(9-12)11-17(20-16)15(19-6)10-13(2)18(3,4)5/h7-9,11,13,15,19H,10H2,1-6H3. The molecule has 2 aromatic rings. The molecule has 0 radical (unpaired) electrons. The highest BCUT2D eigenvalue weighted by Crippen LogP contribution is 2.34. The summed E-state index contributed by atoms with van der Waals surface area (Å²) in [7, 11) is 2.01. The van der Waals surface area contributed by atoms with Gasteiger partial charge in [0.25, 0.3) is 0 Å². The Kier molecular flexibility index (Phi) is 4.24. The van der Waals surface area contributed by atoms with Crippen molar-refractivity contribution in [3.05, 3.63) is 35.6 Å². The van der Waals surface area contributed by atoms with Crippen LogP contribution in [0, 0.1) is 18.3 Å². The molecule has 0 saturated carbocycles. The topological polar surface area (TPSA) is 25.2 Å². The van der Waals surface area contributed by atoms with Gasteiger partial charge < -0.3 is 9.73 Å². The minimum Gasteiger partial charge on any atom is -0.459 e. The predicted molar refractivity (Wildman–Crippen MR) is 86.0 cm³/mol. The van der Waals surface area contributed by atoms with Crippen molar-refractivity contribution in [2.24, 2.45) is 11.3 Å². The summed E-state index contributed by atoms with van der Waals surface area (Å²) in [5, 5.41) is 4.60. The Hall–Kier alpha value is -1.28. The highest BCUT2D eigenvalue weighted by atomic mass is 16.3. The number of hydrogen-bond donors (Lipinski definition) is 1. The van der Waals surface area contributed by atoms with Crippen LogP contribution in [0.4, 0.5) is 0 Å². The summed E-state index contributed by atoms with van der Waals surface area (Å²) in [4.78, 5) is 0. The number of fused-ring (bicyclic) bond motifs is 1. The predicted octanol–water partition coefficient (Wildman–Crippen LogP) is 5.07. The third-order valence-electron chi connectivity index (χ3n) is 4.45. The molecule has 110 valence electrons. The summed E-state index contributed by atoms with van der Waals surface area (Å²) >= 11 is 0. The smallest absolute Gasteiger partial charge is 0.134 e. The Labute approximate surface area is 122 Å². The first-order valence-electron chi connectivity index (χ1n) is 7.48. The van der Waals surface area contributed by atoms with Crippen LogP contribution < -0.4 is 5.32 Å². The van der Waals surface area contributed by atoms with E-state index in [0.29, 0.717) is 11.3 Å². The van der Waals surface area contributed by atoms with Gasteiger partial charge in [0.2, 0.25) is 0 Å². The lowest BCUT2D eigenvalue weighted by molar-refractivity contribution is 0.218. The Balaban J connectivity index is 2.25. The van der Waals surface area contributed by atoms with Gasteiger partial charge in [-0.1, -0.05) is 39.3 Å². The zero-order valence-corrected chi connectivity index (χ0v) is 13.6. The van der Waals surface area contributed by atoms with Crippen molar-refractivity contribution in [3.63, 3.8) is 0 Å². The number of nitrogens with one attached hydrogen (secondary N) is 1. The van der Waals surface area contributed by atoms with Crippen LogP contribution in [0.25, 0.3) is 11.0 Å². The Morgan fingerprint density at radius 2 is 1.90 bits per heavy atom. The van der Waals surface area contributed by atoms with Gasteiger partial charge in [0.05, 0.1) is 6.04 Å². The van der Waals surface area contributed by atoms with Crippen molar-refractivity contribution < 1.29 is 4.42 Å². The fourth-order valence-corrected chi connectivity index (χ4v) is 2.44. The fourth-order valence-electron chi connectivity index (χ4n) is 2.44. The summed E-state index contributed by atoms with van der Waals surface area (Å²) in [6.45, 7) is 11.3. The van der Waals surface area contributed by atoms with Gasteiger partial charge in [0.1, 0.15) is 11.3 Å². The molecule has 1 aromatic heterocycles. The lowest BCUT2D eigenvalue weighted by Gasteiger charge is -2.30. The first-order chi connectivity index (χ1) is 9.31. The minimum absolute atomic E-state index is 0.275. The minimum atomic E-state index is 0.275. The van der Waals surface area contributed by atoms with E-state index in [0.717, 1.165) is 17.8 Å². The Morgan fingerprint density at radius 1 is 1.20 bits per heavy atom. The molecule has 2 rings (SSSR count). The molecular weight excluding hydrogens is 246 g/mol. The molecular formula is C18H27NO. The van der Waals surface area contributed by atoms with Crippen LogP contribution in [0.1, 0.15) is 51.5 Å². The highest BCUT2D eigenvalue weighted by molar-refractivity contribution is 5.78. The van der Waals surface area contributed by atoms with Gasteiger partial charge in [0.15, 0.2) is 0 Å². The highest BCUT2D eigenvalue weighted by Gasteiger charge is 2.25. The van der Waals surface area contributed by atoms with Crippen LogP contribution in [0.2, 0.25) is 0 Å². The van der Waals surface area contributed by atoms with Crippen LogP contribution in [0.15, 0.2) is 28.7 Å². The van der Waals surface area contributed by atoms with E-state index in [9.17, 15) is 0 Å². The van der Waals surface area contributed by atoms with Crippen molar-refractivity contribution in [2.75, 3.05) is 7.05 Å². The lowest BCUT2D eigenvalue weighted by atomic mass is 9.78. The van der Waals surface area contributed by atoms with Crippen LogP contribution >= 0.6 is 0 Å². The van der Waals surface area contributed by atoms with Crippen molar-refractivity contribution in [3.8, 4) is 0 Å². The molecule has 2 nitrogen and oxygen atoms in total. The van der Waals surface area contributed by atoms with E-state index < -0.39 is 0 Å². The number of furan rings is 1. The third kappa shape index (κ3) is 3.24. The number of benzene rings is 1. The molecule has 0 spiro atoms. The lowest BCUT2D eigenvalue weighted by Crippen LogP contribution is -2.25. The van der Waals surface area contributed by atoms with Gasteiger partial charge in [0, 0.05) is 5.39 Å². The molecule has 2 heteroatoms. The monoisotopic (exact) mass is 273 g/mol. The first kappa shape index (κ1) is 15.1. The molecule has 0 aliphatic rings. The largest absolute Gasteiger partial charge is 0.459 e. The molecule has 20 heavy (non-hydrogen) atoms. The molecule has 1 heterocycles. The van der Waals surface area contributed by atoms with Crippen molar-refractivity contribution in [2.45, 2.75) is 47.1 Å². The number of hydrogen-bond acceptors (Lipinski definition) is 2. The van der Waals surface area contributed by atoms with Crippen LogP contribution in [-0.4, -0.2) is 7.05 Å². The third-order valence-corrected chi connectivity index (χ3v) is 4.45. The van der Waals surface area contributed by atoms with Crippen LogP contribution in [0.5, 0.6) is 0 Å². The maximum absolute atomic E-state index is 6.03. The summed E-state index contributed by atoms with van der Waals surface area (Å²) in [6.07, 6.45) is 1.08. The van der Waals surface area contributed by atoms with Gasteiger partial charge in [-0.05, 0) is 49.9 Å². The van der Waals surface area contributed by atoms with Gasteiger partial charge in [-0.15, -0.1) is 0 Å². The van der Waals surface area contributed by atoms with E-state index in [1.165, 1.54) is 10.9 Å². The zero-order chi connectivity index (χ0) is 14.9. The van der Waals surface area contributed by atoms with Crippen molar-refractivity contribution >= 4 is 11.0 Å². The van der Waals surface area contributed by atoms with Crippen molar-refractivity contribution in [1.29, 1.82) is 0 Å². The Morgan fingerprint density at radius 3 is 2.50 bits per heavy atom. The molecule has 0 aliphatic carbocycles. The second kappa shape index (κ2) is 5.61.